The molecule has 0 aliphatic rings. The Hall–Kier alpha value is -1.66. The normalized spacial score (nSPS) is 10.1. The number of nitrogens with one attached hydrogen (secondary N) is 1. The molecule has 0 atom stereocenters. The molecule has 1 amide bonds. The number of carbonyl (C=O) groups is 2. The van der Waals surface area contributed by atoms with Crippen LogP contribution < -0.4 is 5.32 Å². The van der Waals surface area contributed by atoms with Gasteiger partial charge in [0.15, 0.2) is 6.61 Å². The summed E-state index contributed by atoms with van der Waals surface area (Å²) < 4.78 is 5.86. The number of benzene rings is 1. The summed E-state index contributed by atoms with van der Waals surface area (Å²) in [6.07, 6.45) is 0. The summed E-state index contributed by atoms with van der Waals surface area (Å²) in [5, 5.41) is 4.47. The van der Waals surface area contributed by atoms with Crippen molar-refractivity contribution in [3.8, 4) is 0 Å². The highest BCUT2D eigenvalue weighted by Gasteiger charge is 2.10. The number of esters is 1. The molecule has 1 aromatic heterocycles. The second-order valence-electron chi connectivity index (χ2n) is 3.96. The van der Waals surface area contributed by atoms with Gasteiger partial charge in [-0.3, -0.25) is 4.79 Å². The molecule has 0 aliphatic carbocycles. The maximum Gasteiger partial charge on any atom is 0.348 e. The van der Waals surface area contributed by atoms with Crippen molar-refractivity contribution in [1.29, 1.82) is 0 Å². The minimum absolute atomic E-state index is 0.273. The van der Waals surface area contributed by atoms with Crippen LogP contribution in [-0.2, 0) is 16.1 Å². The molecule has 1 N–H and O–H groups in total. The van der Waals surface area contributed by atoms with E-state index in [1.54, 1.807) is 17.5 Å². The van der Waals surface area contributed by atoms with E-state index >= 15 is 0 Å². The number of amides is 1. The highest BCUT2D eigenvalue weighted by atomic mass is 79.9. The molecule has 2 aromatic rings. The van der Waals surface area contributed by atoms with Crippen molar-refractivity contribution in [2.45, 2.75) is 6.54 Å². The van der Waals surface area contributed by atoms with Gasteiger partial charge >= 0.3 is 5.97 Å². The predicted octanol–water partition coefficient (Wildman–Crippen LogP) is 2.98. The van der Waals surface area contributed by atoms with Crippen LogP contribution in [0.2, 0.25) is 0 Å². The van der Waals surface area contributed by atoms with Crippen LogP contribution in [-0.4, -0.2) is 18.5 Å². The molecule has 0 fully saturated rings. The van der Waals surface area contributed by atoms with Gasteiger partial charge in [-0.2, -0.15) is 0 Å². The number of hydrogen-bond acceptors (Lipinski definition) is 4. The summed E-state index contributed by atoms with van der Waals surface area (Å²) in [4.78, 5) is 23.6. The van der Waals surface area contributed by atoms with Gasteiger partial charge in [0.2, 0.25) is 0 Å². The molecule has 0 spiro atoms. The molecule has 0 aliphatic heterocycles. The minimum Gasteiger partial charge on any atom is -0.451 e. The van der Waals surface area contributed by atoms with Crippen molar-refractivity contribution in [2.24, 2.45) is 0 Å². The Kier molecular flexibility index (Phi) is 5.31. The van der Waals surface area contributed by atoms with Gasteiger partial charge in [0.25, 0.3) is 5.91 Å². The Balaban J connectivity index is 1.74. The van der Waals surface area contributed by atoms with Crippen LogP contribution >= 0.6 is 27.3 Å². The molecule has 0 unspecified atom stereocenters. The monoisotopic (exact) mass is 353 g/mol. The summed E-state index contributed by atoms with van der Waals surface area (Å²) >= 11 is 4.64. The van der Waals surface area contributed by atoms with Gasteiger partial charge in [-0.05, 0) is 29.1 Å². The molecule has 1 heterocycles. The van der Waals surface area contributed by atoms with Crippen molar-refractivity contribution >= 4 is 39.1 Å². The molecule has 104 valence electrons. The number of carbonyl (C=O) groups excluding carboxylic acids is 2. The average Bonchev–Trinajstić information content (AvgIpc) is 2.97. The van der Waals surface area contributed by atoms with Crippen LogP contribution in [0.15, 0.2) is 46.3 Å². The number of thiophene rings is 1. The summed E-state index contributed by atoms with van der Waals surface area (Å²) in [6, 6.07) is 11.0. The molecule has 0 radical (unpaired) electrons. The third-order valence-electron chi connectivity index (χ3n) is 2.44. The first-order valence-corrected chi connectivity index (χ1v) is 7.54. The van der Waals surface area contributed by atoms with E-state index in [1.165, 1.54) is 11.3 Å². The highest BCUT2D eigenvalue weighted by Crippen LogP contribution is 2.11. The summed E-state index contributed by atoms with van der Waals surface area (Å²) in [6.45, 7) is 0.125. The van der Waals surface area contributed by atoms with Gasteiger partial charge < -0.3 is 10.1 Å². The maximum atomic E-state index is 11.6. The fourth-order valence-corrected chi connectivity index (χ4v) is 2.56. The topological polar surface area (TPSA) is 55.4 Å². The summed E-state index contributed by atoms with van der Waals surface area (Å²) in [5.41, 5.74) is 0.970. The standard InChI is InChI=1S/C14H12BrNO3S/c15-11-4-1-3-10(7-11)8-16-13(17)9-19-14(18)12-5-2-6-20-12/h1-7H,8-9H2,(H,16,17). The lowest BCUT2D eigenvalue weighted by atomic mass is 10.2. The predicted molar refractivity (Wildman–Crippen MR) is 80.6 cm³/mol. The van der Waals surface area contributed by atoms with Gasteiger partial charge in [0.05, 0.1) is 0 Å². The van der Waals surface area contributed by atoms with E-state index in [1.807, 2.05) is 24.3 Å². The van der Waals surface area contributed by atoms with Crippen LogP contribution in [0.5, 0.6) is 0 Å². The highest BCUT2D eigenvalue weighted by molar-refractivity contribution is 9.10. The lowest BCUT2D eigenvalue weighted by Gasteiger charge is -2.06. The molecular weight excluding hydrogens is 342 g/mol. The molecule has 2 rings (SSSR count). The molecular formula is C14H12BrNO3S. The first-order chi connectivity index (χ1) is 9.65. The fourth-order valence-electron chi connectivity index (χ4n) is 1.50. The van der Waals surface area contributed by atoms with Crippen molar-refractivity contribution in [3.63, 3.8) is 0 Å². The van der Waals surface area contributed by atoms with Crippen molar-refractivity contribution in [1.82, 2.24) is 5.32 Å². The first-order valence-electron chi connectivity index (χ1n) is 5.87. The SMILES string of the molecule is O=C(COC(=O)c1cccs1)NCc1cccc(Br)c1. The number of halogens is 1. The molecule has 20 heavy (non-hydrogen) atoms. The zero-order chi connectivity index (χ0) is 14.4. The fraction of sp³-hybridized carbons (Fsp3) is 0.143. The lowest BCUT2D eigenvalue weighted by Crippen LogP contribution is -2.28. The van der Waals surface area contributed by atoms with Gasteiger partial charge in [0.1, 0.15) is 4.88 Å². The molecule has 0 saturated heterocycles. The average molecular weight is 354 g/mol. The third-order valence-corrected chi connectivity index (χ3v) is 3.78. The second kappa shape index (κ2) is 7.21. The van der Waals surface area contributed by atoms with E-state index in [0.29, 0.717) is 11.4 Å². The summed E-state index contributed by atoms with van der Waals surface area (Å²) in [5.74, 6) is -0.799. The zero-order valence-electron chi connectivity index (χ0n) is 10.5. The Morgan fingerprint density at radius 1 is 1.25 bits per heavy atom. The van der Waals surface area contributed by atoms with E-state index in [4.69, 9.17) is 4.74 Å². The van der Waals surface area contributed by atoms with E-state index in [2.05, 4.69) is 21.2 Å². The van der Waals surface area contributed by atoms with E-state index < -0.39 is 5.97 Å². The van der Waals surface area contributed by atoms with Crippen LogP contribution in [0.3, 0.4) is 0 Å². The van der Waals surface area contributed by atoms with E-state index in [-0.39, 0.29) is 12.5 Å². The maximum absolute atomic E-state index is 11.6. The quantitative estimate of drug-likeness (QED) is 0.840. The molecule has 6 heteroatoms. The molecule has 0 bridgehead atoms. The number of rotatable bonds is 5. The van der Waals surface area contributed by atoms with Gasteiger partial charge in [-0.25, -0.2) is 4.79 Å². The van der Waals surface area contributed by atoms with Gasteiger partial charge in [0, 0.05) is 11.0 Å². The zero-order valence-corrected chi connectivity index (χ0v) is 12.9. The van der Waals surface area contributed by atoms with E-state index in [9.17, 15) is 9.59 Å². The Labute approximate surface area is 128 Å². The molecule has 0 saturated carbocycles. The van der Waals surface area contributed by atoms with Crippen molar-refractivity contribution in [3.05, 3.63) is 56.7 Å². The van der Waals surface area contributed by atoms with Gasteiger partial charge in [-0.1, -0.05) is 34.1 Å². The van der Waals surface area contributed by atoms with Crippen molar-refractivity contribution in [2.75, 3.05) is 6.61 Å². The Morgan fingerprint density at radius 3 is 2.80 bits per heavy atom. The Bertz CT molecular complexity index is 598. The largest absolute Gasteiger partial charge is 0.451 e. The lowest BCUT2D eigenvalue weighted by molar-refractivity contribution is -0.124. The number of hydrogen-bond donors (Lipinski definition) is 1. The molecule has 1 aromatic carbocycles. The van der Waals surface area contributed by atoms with Crippen LogP contribution in [0.1, 0.15) is 15.2 Å². The van der Waals surface area contributed by atoms with Crippen LogP contribution in [0, 0.1) is 0 Å². The minimum atomic E-state index is -0.474. The van der Waals surface area contributed by atoms with Crippen molar-refractivity contribution < 1.29 is 14.3 Å². The summed E-state index contributed by atoms with van der Waals surface area (Å²) in [7, 11) is 0. The second-order valence-corrected chi connectivity index (χ2v) is 5.82. The van der Waals surface area contributed by atoms with Crippen LogP contribution in [0.25, 0.3) is 0 Å². The Morgan fingerprint density at radius 2 is 2.10 bits per heavy atom. The molecule has 4 nitrogen and oxygen atoms in total. The van der Waals surface area contributed by atoms with E-state index in [0.717, 1.165) is 10.0 Å². The van der Waals surface area contributed by atoms with Crippen LogP contribution in [0.4, 0.5) is 0 Å². The smallest absolute Gasteiger partial charge is 0.348 e. The third kappa shape index (κ3) is 4.47. The number of ether oxygens (including phenoxy) is 1. The first kappa shape index (κ1) is 14.7. The van der Waals surface area contributed by atoms with Gasteiger partial charge in [-0.15, -0.1) is 11.3 Å².